The largest absolute Gasteiger partial charge is 0.327 e. The quantitative estimate of drug-likeness (QED) is 0.846. The van der Waals surface area contributed by atoms with Crippen LogP contribution >= 0.6 is 0 Å². The van der Waals surface area contributed by atoms with Crippen LogP contribution in [0.15, 0.2) is 18.3 Å². The Morgan fingerprint density at radius 3 is 2.88 bits per heavy atom. The summed E-state index contributed by atoms with van der Waals surface area (Å²) in [5.74, 6) is 0.950. The van der Waals surface area contributed by atoms with Crippen molar-refractivity contribution in [1.82, 2.24) is 4.98 Å². The monoisotopic (exact) mass is 232 g/mol. The molecule has 1 aliphatic carbocycles. The van der Waals surface area contributed by atoms with Gasteiger partial charge >= 0.3 is 0 Å². The number of aryl methyl sites for hydroxylation is 1. The maximum atomic E-state index is 6.21. The van der Waals surface area contributed by atoms with E-state index in [0.29, 0.717) is 0 Å². The molecule has 17 heavy (non-hydrogen) atoms. The molecule has 0 spiro atoms. The Bertz CT molecular complexity index is 343. The zero-order valence-corrected chi connectivity index (χ0v) is 10.9. The Morgan fingerprint density at radius 1 is 1.41 bits per heavy atom. The molecule has 2 heteroatoms. The van der Waals surface area contributed by atoms with Crippen molar-refractivity contribution in [2.24, 2.45) is 11.7 Å². The molecule has 1 heterocycles. The van der Waals surface area contributed by atoms with Gasteiger partial charge in [0.05, 0.1) is 0 Å². The Balaban J connectivity index is 1.76. The molecular formula is C15H24N2. The average Bonchev–Trinajstić information content (AvgIpc) is 2.82. The smallest absolute Gasteiger partial charge is 0.0448 e. The van der Waals surface area contributed by atoms with Crippen LogP contribution < -0.4 is 5.73 Å². The Morgan fingerprint density at radius 2 is 2.18 bits per heavy atom. The number of hydrogen-bond donors (Lipinski definition) is 1. The fourth-order valence-corrected chi connectivity index (χ4v) is 2.83. The van der Waals surface area contributed by atoms with Crippen LogP contribution in [-0.2, 0) is 6.42 Å². The predicted molar refractivity (Wildman–Crippen MR) is 71.8 cm³/mol. The van der Waals surface area contributed by atoms with Crippen molar-refractivity contribution in [3.8, 4) is 0 Å². The number of aromatic nitrogens is 1. The van der Waals surface area contributed by atoms with Gasteiger partial charge in [-0.3, -0.25) is 4.98 Å². The third-order valence-electron chi connectivity index (χ3n) is 3.99. The van der Waals surface area contributed by atoms with Crippen LogP contribution in [0, 0.1) is 12.8 Å². The molecule has 2 N–H and O–H groups in total. The standard InChI is InChI=1S/C15H24N2/c1-12-5-4-10-17-15(12)11-14(16)9-8-13-6-2-3-7-13/h4-5,10,13-14H,2-3,6-9,11,16H2,1H3. The van der Waals surface area contributed by atoms with Gasteiger partial charge in [-0.05, 0) is 37.3 Å². The van der Waals surface area contributed by atoms with Crippen LogP contribution in [0.3, 0.4) is 0 Å². The molecule has 1 fully saturated rings. The minimum Gasteiger partial charge on any atom is -0.327 e. The summed E-state index contributed by atoms with van der Waals surface area (Å²) in [6, 6.07) is 4.39. The summed E-state index contributed by atoms with van der Waals surface area (Å²) in [6.45, 7) is 2.12. The Kier molecular flexibility index (Phi) is 4.55. The number of nitrogens with two attached hydrogens (primary N) is 1. The van der Waals surface area contributed by atoms with E-state index in [9.17, 15) is 0 Å². The first kappa shape index (κ1) is 12.6. The molecule has 1 aromatic rings. The first-order valence-electron chi connectivity index (χ1n) is 6.92. The van der Waals surface area contributed by atoms with Crippen LogP contribution in [0.5, 0.6) is 0 Å². The lowest BCUT2D eigenvalue weighted by molar-refractivity contribution is 0.445. The molecular weight excluding hydrogens is 208 g/mol. The van der Waals surface area contributed by atoms with Crippen molar-refractivity contribution in [1.29, 1.82) is 0 Å². The molecule has 1 saturated carbocycles. The highest BCUT2D eigenvalue weighted by molar-refractivity contribution is 5.18. The van der Waals surface area contributed by atoms with Gasteiger partial charge in [-0.2, -0.15) is 0 Å². The van der Waals surface area contributed by atoms with Gasteiger partial charge in [0.25, 0.3) is 0 Å². The molecule has 1 aromatic heterocycles. The topological polar surface area (TPSA) is 38.9 Å². The van der Waals surface area contributed by atoms with Crippen molar-refractivity contribution in [2.45, 2.75) is 57.9 Å². The van der Waals surface area contributed by atoms with Crippen molar-refractivity contribution in [2.75, 3.05) is 0 Å². The summed E-state index contributed by atoms with van der Waals surface area (Å²) in [7, 11) is 0. The lowest BCUT2D eigenvalue weighted by Crippen LogP contribution is -2.24. The molecule has 94 valence electrons. The maximum absolute atomic E-state index is 6.21. The molecule has 1 unspecified atom stereocenters. The number of pyridine rings is 1. The van der Waals surface area contributed by atoms with Crippen molar-refractivity contribution >= 4 is 0 Å². The highest BCUT2D eigenvalue weighted by atomic mass is 14.7. The number of rotatable bonds is 5. The van der Waals surface area contributed by atoms with E-state index < -0.39 is 0 Å². The molecule has 0 aromatic carbocycles. The first-order chi connectivity index (χ1) is 8.25. The van der Waals surface area contributed by atoms with Crippen molar-refractivity contribution < 1.29 is 0 Å². The second-order valence-corrected chi connectivity index (χ2v) is 5.46. The minimum atomic E-state index is 0.282. The third kappa shape index (κ3) is 3.81. The molecule has 1 aliphatic rings. The molecule has 0 amide bonds. The van der Waals surface area contributed by atoms with Crippen LogP contribution in [0.2, 0.25) is 0 Å². The SMILES string of the molecule is Cc1cccnc1CC(N)CCC1CCCC1. The van der Waals surface area contributed by atoms with E-state index in [2.05, 4.69) is 18.0 Å². The molecule has 0 saturated heterocycles. The molecule has 0 radical (unpaired) electrons. The summed E-state index contributed by atoms with van der Waals surface area (Å²) in [4.78, 5) is 4.42. The zero-order chi connectivity index (χ0) is 12.1. The van der Waals surface area contributed by atoms with E-state index in [0.717, 1.165) is 18.8 Å². The molecule has 2 rings (SSSR count). The van der Waals surface area contributed by atoms with Gasteiger partial charge in [0.15, 0.2) is 0 Å². The van der Waals surface area contributed by atoms with Crippen LogP contribution in [0.25, 0.3) is 0 Å². The second-order valence-electron chi connectivity index (χ2n) is 5.46. The normalized spacial score (nSPS) is 18.5. The third-order valence-corrected chi connectivity index (χ3v) is 3.99. The van der Waals surface area contributed by atoms with E-state index in [1.807, 2.05) is 12.3 Å². The first-order valence-corrected chi connectivity index (χ1v) is 6.92. The van der Waals surface area contributed by atoms with Gasteiger partial charge in [-0.25, -0.2) is 0 Å². The summed E-state index contributed by atoms with van der Waals surface area (Å²) in [5, 5.41) is 0. The zero-order valence-electron chi connectivity index (χ0n) is 10.9. The van der Waals surface area contributed by atoms with Gasteiger partial charge in [-0.15, -0.1) is 0 Å². The highest BCUT2D eigenvalue weighted by Gasteiger charge is 2.16. The van der Waals surface area contributed by atoms with E-state index in [1.165, 1.54) is 43.4 Å². The van der Waals surface area contributed by atoms with Gasteiger partial charge in [0, 0.05) is 24.4 Å². The number of nitrogens with zero attached hydrogens (tertiary/aromatic N) is 1. The molecule has 0 aliphatic heterocycles. The second kappa shape index (κ2) is 6.15. The fraction of sp³-hybridized carbons (Fsp3) is 0.667. The lowest BCUT2D eigenvalue weighted by atomic mass is 9.96. The van der Waals surface area contributed by atoms with Crippen molar-refractivity contribution in [3.05, 3.63) is 29.6 Å². The summed E-state index contributed by atoms with van der Waals surface area (Å²) in [5.41, 5.74) is 8.65. The maximum Gasteiger partial charge on any atom is 0.0448 e. The molecule has 0 bridgehead atoms. The summed E-state index contributed by atoms with van der Waals surface area (Å²) in [6.07, 6.45) is 11.0. The van der Waals surface area contributed by atoms with Gasteiger partial charge in [0.2, 0.25) is 0 Å². The molecule has 2 nitrogen and oxygen atoms in total. The summed E-state index contributed by atoms with van der Waals surface area (Å²) < 4.78 is 0. The summed E-state index contributed by atoms with van der Waals surface area (Å²) >= 11 is 0. The Labute approximate surface area is 105 Å². The van der Waals surface area contributed by atoms with Crippen LogP contribution in [0.1, 0.15) is 49.8 Å². The molecule has 1 atom stereocenters. The highest BCUT2D eigenvalue weighted by Crippen LogP contribution is 2.29. The Hall–Kier alpha value is -0.890. The predicted octanol–water partition coefficient (Wildman–Crippen LogP) is 3.23. The fourth-order valence-electron chi connectivity index (χ4n) is 2.83. The van der Waals surface area contributed by atoms with E-state index >= 15 is 0 Å². The van der Waals surface area contributed by atoms with E-state index in [1.54, 1.807) is 0 Å². The minimum absolute atomic E-state index is 0.282. The number of hydrogen-bond acceptors (Lipinski definition) is 2. The van der Waals surface area contributed by atoms with E-state index in [4.69, 9.17) is 5.73 Å². The van der Waals surface area contributed by atoms with Crippen LogP contribution in [0.4, 0.5) is 0 Å². The van der Waals surface area contributed by atoms with E-state index in [-0.39, 0.29) is 6.04 Å². The van der Waals surface area contributed by atoms with Gasteiger partial charge in [-0.1, -0.05) is 31.7 Å². The van der Waals surface area contributed by atoms with Crippen LogP contribution in [-0.4, -0.2) is 11.0 Å². The van der Waals surface area contributed by atoms with Gasteiger partial charge in [0.1, 0.15) is 0 Å². The lowest BCUT2D eigenvalue weighted by Gasteiger charge is -2.15. The van der Waals surface area contributed by atoms with Gasteiger partial charge < -0.3 is 5.73 Å². The van der Waals surface area contributed by atoms with Crippen molar-refractivity contribution in [3.63, 3.8) is 0 Å². The average molecular weight is 232 g/mol.